The molecule has 1 aliphatic carbocycles. The van der Waals surface area contributed by atoms with Crippen LogP contribution in [0.1, 0.15) is 58.1 Å². The Hall–Kier alpha value is -1.27. The molecule has 0 aromatic carbocycles. The van der Waals surface area contributed by atoms with Crippen LogP contribution in [0, 0.1) is 5.92 Å². The van der Waals surface area contributed by atoms with Crippen LogP contribution in [-0.4, -0.2) is 37.3 Å². The number of hydrogen-bond donors (Lipinski definition) is 1. The fourth-order valence-corrected chi connectivity index (χ4v) is 4.93. The van der Waals surface area contributed by atoms with Crippen molar-refractivity contribution in [2.75, 3.05) is 7.05 Å². The predicted molar refractivity (Wildman–Crippen MR) is 95.5 cm³/mol. The minimum absolute atomic E-state index is 0.157. The van der Waals surface area contributed by atoms with Crippen LogP contribution in [-0.2, 0) is 15.8 Å². The zero-order valence-electron chi connectivity index (χ0n) is 14.9. The van der Waals surface area contributed by atoms with E-state index in [9.17, 15) is 9.00 Å². The van der Waals surface area contributed by atoms with Crippen LogP contribution in [0.2, 0.25) is 0 Å². The SMILES string of the molecule is CN1C(=O)C2CCC1(C(NS(=O)C(C)(C)C)c1ccncc1)CC2. The standard InChI is InChI=1S/C18H27N3O2S/c1-17(2,3)24(23)20-15(13-7-11-19-12-8-13)18-9-5-14(6-10-18)16(22)21(18)4/h7-8,11-12,14-15,20H,5-6,9-10H2,1-4H3. The maximum Gasteiger partial charge on any atom is 0.225 e. The smallest absolute Gasteiger partial charge is 0.225 e. The molecule has 2 saturated heterocycles. The lowest BCUT2D eigenvalue weighted by molar-refractivity contribution is -0.155. The molecule has 4 rings (SSSR count). The Labute approximate surface area is 146 Å². The van der Waals surface area contributed by atoms with Gasteiger partial charge in [-0.2, -0.15) is 0 Å². The Balaban J connectivity index is 2.01. The lowest BCUT2D eigenvalue weighted by atomic mass is 9.66. The number of carbonyl (C=O) groups excluding carboxylic acids is 1. The molecular formula is C18H27N3O2S. The van der Waals surface area contributed by atoms with Crippen LogP contribution in [0.25, 0.3) is 0 Å². The predicted octanol–water partition coefficient (Wildman–Crippen LogP) is 2.58. The van der Waals surface area contributed by atoms with Crippen molar-refractivity contribution in [3.63, 3.8) is 0 Å². The third-order valence-electron chi connectivity index (χ3n) is 5.56. The summed E-state index contributed by atoms with van der Waals surface area (Å²) in [5.41, 5.74) is 0.733. The molecule has 1 N–H and O–H groups in total. The second-order valence-electron chi connectivity index (χ2n) is 7.99. The van der Waals surface area contributed by atoms with Gasteiger partial charge < -0.3 is 4.90 Å². The maximum atomic E-state index is 12.8. The van der Waals surface area contributed by atoms with Crippen molar-refractivity contribution in [2.45, 2.75) is 62.8 Å². The number of rotatable bonds is 4. The van der Waals surface area contributed by atoms with Crippen LogP contribution >= 0.6 is 0 Å². The first kappa shape index (κ1) is 17.5. The van der Waals surface area contributed by atoms with E-state index in [1.165, 1.54) is 0 Å². The van der Waals surface area contributed by atoms with Gasteiger partial charge in [0.25, 0.3) is 0 Å². The van der Waals surface area contributed by atoms with E-state index in [-0.39, 0.29) is 28.2 Å². The number of amides is 1. The van der Waals surface area contributed by atoms with E-state index < -0.39 is 11.0 Å². The van der Waals surface area contributed by atoms with Crippen molar-refractivity contribution in [3.8, 4) is 0 Å². The topological polar surface area (TPSA) is 62.3 Å². The monoisotopic (exact) mass is 349 g/mol. The van der Waals surface area contributed by atoms with Gasteiger partial charge in [0.05, 0.1) is 27.3 Å². The Morgan fingerprint density at radius 1 is 1.29 bits per heavy atom. The molecule has 2 atom stereocenters. The maximum absolute atomic E-state index is 12.8. The van der Waals surface area contributed by atoms with Gasteiger partial charge >= 0.3 is 0 Å². The van der Waals surface area contributed by atoms with Gasteiger partial charge in [-0.3, -0.25) is 9.78 Å². The van der Waals surface area contributed by atoms with Crippen molar-refractivity contribution >= 4 is 16.9 Å². The molecule has 1 aromatic rings. The van der Waals surface area contributed by atoms with Gasteiger partial charge in [0.1, 0.15) is 0 Å². The zero-order chi connectivity index (χ0) is 17.5. The highest BCUT2D eigenvalue weighted by Gasteiger charge is 2.54. The summed E-state index contributed by atoms with van der Waals surface area (Å²) in [4.78, 5) is 18.6. The summed E-state index contributed by atoms with van der Waals surface area (Å²) >= 11 is 0. The van der Waals surface area contributed by atoms with Crippen LogP contribution in [0.5, 0.6) is 0 Å². The van der Waals surface area contributed by atoms with Gasteiger partial charge in [-0.1, -0.05) is 0 Å². The van der Waals surface area contributed by atoms with Crippen LogP contribution < -0.4 is 4.72 Å². The Morgan fingerprint density at radius 2 is 1.88 bits per heavy atom. The molecular weight excluding hydrogens is 322 g/mol. The lowest BCUT2D eigenvalue weighted by Gasteiger charge is -2.56. The average Bonchev–Trinajstić information content (AvgIpc) is 2.57. The van der Waals surface area contributed by atoms with Crippen LogP contribution in [0.3, 0.4) is 0 Å². The van der Waals surface area contributed by atoms with Gasteiger partial charge in [-0.05, 0) is 64.2 Å². The number of likely N-dealkylation sites (N-methyl/N-ethyl adjacent to an activating group) is 1. The van der Waals surface area contributed by atoms with Crippen molar-refractivity contribution in [3.05, 3.63) is 30.1 Å². The highest BCUT2D eigenvalue weighted by Crippen LogP contribution is 2.49. The molecule has 24 heavy (non-hydrogen) atoms. The van der Waals surface area contributed by atoms with E-state index in [0.29, 0.717) is 0 Å². The number of pyridine rings is 1. The molecule has 1 amide bonds. The van der Waals surface area contributed by atoms with Gasteiger partial charge in [0.15, 0.2) is 0 Å². The molecule has 3 heterocycles. The summed E-state index contributed by atoms with van der Waals surface area (Å²) in [5, 5.41) is 0. The van der Waals surface area contributed by atoms with E-state index in [1.54, 1.807) is 12.4 Å². The van der Waals surface area contributed by atoms with Crippen molar-refractivity contribution in [1.82, 2.24) is 14.6 Å². The minimum Gasteiger partial charge on any atom is -0.338 e. The fourth-order valence-electron chi connectivity index (χ4n) is 4.00. The highest BCUT2D eigenvalue weighted by atomic mass is 32.2. The quantitative estimate of drug-likeness (QED) is 0.909. The number of piperidine rings is 2. The van der Waals surface area contributed by atoms with Crippen molar-refractivity contribution in [2.24, 2.45) is 5.92 Å². The van der Waals surface area contributed by atoms with Gasteiger partial charge in [-0.25, -0.2) is 8.93 Å². The first-order valence-electron chi connectivity index (χ1n) is 8.61. The first-order chi connectivity index (χ1) is 11.3. The molecule has 6 heteroatoms. The number of nitrogens with one attached hydrogen (secondary N) is 1. The van der Waals surface area contributed by atoms with E-state index in [2.05, 4.69) is 9.71 Å². The molecule has 0 spiro atoms. The second-order valence-corrected chi connectivity index (χ2v) is 9.99. The molecule has 0 radical (unpaired) electrons. The number of nitrogens with zero attached hydrogens (tertiary/aromatic N) is 2. The van der Waals surface area contributed by atoms with Gasteiger partial charge in [0, 0.05) is 25.4 Å². The largest absolute Gasteiger partial charge is 0.338 e. The summed E-state index contributed by atoms with van der Waals surface area (Å²) in [5.74, 6) is 0.401. The summed E-state index contributed by atoms with van der Waals surface area (Å²) in [7, 11) is 0.692. The average molecular weight is 350 g/mol. The molecule has 2 unspecified atom stereocenters. The summed E-state index contributed by atoms with van der Waals surface area (Å²) in [6.07, 6.45) is 7.26. The summed E-state index contributed by atoms with van der Waals surface area (Å²) < 4.78 is 15.8. The molecule has 5 nitrogen and oxygen atoms in total. The van der Waals surface area contributed by atoms with E-state index in [1.807, 2.05) is 44.9 Å². The van der Waals surface area contributed by atoms with E-state index in [4.69, 9.17) is 0 Å². The van der Waals surface area contributed by atoms with Gasteiger partial charge in [-0.15, -0.1) is 0 Å². The van der Waals surface area contributed by atoms with Crippen molar-refractivity contribution < 1.29 is 9.00 Å². The lowest BCUT2D eigenvalue weighted by Crippen LogP contribution is -2.65. The zero-order valence-corrected chi connectivity index (χ0v) is 15.7. The number of hydrogen-bond acceptors (Lipinski definition) is 3. The Kier molecular flexibility index (Phi) is 4.55. The normalized spacial score (nSPS) is 29.6. The Bertz CT molecular complexity index is 633. The molecule has 132 valence electrons. The second kappa shape index (κ2) is 6.23. The fraction of sp³-hybridized carbons (Fsp3) is 0.667. The van der Waals surface area contributed by atoms with Crippen LogP contribution in [0.15, 0.2) is 24.5 Å². The first-order valence-corrected chi connectivity index (χ1v) is 9.76. The molecule has 2 bridgehead atoms. The molecule has 1 aromatic heterocycles. The molecule has 3 aliphatic rings. The summed E-state index contributed by atoms with van der Waals surface area (Å²) in [6.45, 7) is 5.89. The third kappa shape index (κ3) is 2.90. The minimum atomic E-state index is -1.21. The van der Waals surface area contributed by atoms with Crippen LogP contribution in [0.4, 0.5) is 0 Å². The van der Waals surface area contributed by atoms with Gasteiger partial charge in [0.2, 0.25) is 5.91 Å². The third-order valence-corrected chi connectivity index (χ3v) is 7.12. The molecule has 3 fully saturated rings. The highest BCUT2D eigenvalue weighted by molar-refractivity contribution is 7.84. The number of aromatic nitrogens is 1. The number of fused-ring (bicyclic) bond motifs is 3. The van der Waals surface area contributed by atoms with Crippen molar-refractivity contribution in [1.29, 1.82) is 0 Å². The summed E-state index contributed by atoms with van der Waals surface area (Å²) in [6, 6.07) is 3.77. The molecule has 1 saturated carbocycles. The Morgan fingerprint density at radius 3 is 2.42 bits per heavy atom. The molecule has 2 aliphatic heterocycles. The van der Waals surface area contributed by atoms with E-state index in [0.717, 1.165) is 31.2 Å². The number of carbonyl (C=O) groups is 1. The van der Waals surface area contributed by atoms with E-state index >= 15 is 0 Å².